The fourth-order valence-electron chi connectivity index (χ4n) is 1.34. The average molecular weight is 260 g/mol. The van der Waals surface area contributed by atoms with Gasteiger partial charge in [0.15, 0.2) is 0 Å². The van der Waals surface area contributed by atoms with E-state index in [1.165, 1.54) is 32.2 Å². The maximum atomic E-state index is 12.0. The molecule has 0 saturated heterocycles. The number of likely N-dealkylation sites (N-methyl/N-ethyl adjacent to an activating group) is 1. The molecular weight excluding hydrogens is 244 g/mol. The van der Waals surface area contributed by atoms with Gasteiger partial charge < -0.3 is 15.9 Å². The number of aliphatic hydroxyl groups excluding tert-OH is 1. The fourth-order valence-corrected chi connectivity index (χ4v) is 2.63. The molecule has 0 aliphatic rings. The molecule has 6 nitrogen and oxygen atoms in total. The summed E-state index contributed by atoms with van der Waals surface area (Å²) < 4.78 is 25.0. The molecule has 0 aromatic heterocycles. The van der Waals surface area contributed by atoms with Crippen LogP contribution in [0.1, 0.15) is 6.92 Å². The number of phenolic OH excluding ortho intramolecular Hbond substituents is 1. The summed E-state index contributed by atoms with van der Waals surface area (Å²) in [6.07, 6.45) is -0.760. The van der Waals surface area contributed by atoms with Crippen molar-refractivity contribution in [2.75, 3.05) is 19.3 Å². The highest BCUT2D eigenvalue weighted by atomic mass is 32.2. The van der Waals surface area contributed by atoms with Crippen molar-refractivity contribution < 1.29 is 18.6 Å². The molecule has 0 aliphatic heterocycles. The van der Waals surface area contributed by atoms with Crippen molar-refractivity contribution >= 4 is 15.7 Å². The van der Waals surface area contributed by atoms with Crippen LogP contribution in [0, 0.1) is 0 Å². The highest BCUT2D eigenvalue weighted by Gasteiger charge is 2.22. The molecule has 0 saturated carbocycles. The first-order valence-corrected chi connectivity index (χ1v) is 6.42. The van der Waals surface area contributed by atoms with E-state index in [2.05, 4.69) is 0 Å². The topological polar surface area (TPSA) is 104 Å². The van der Waals surface area contributed by atoms with Gasteiger partial charge in [0.25, 0.3) is 0 Å². The van der Waals surface area contributed by atoms with E-state index in [9.17, 15) is 13.5 Å². The Hall–Kier alpha value is -1.31. The molecule has 1 aromatic carbocycles. The van der Waals surface area contributed by atoms with Crippen LogP contribution in [0.25, 0.3) is 0 Å². The largest absolute Gasteiger partial charge is 0.506 e. The predicted octanol–water partition coefficient (Wildman–Crippen LogP) is -0.0243. The number of anilines is 1. The van der Waals surface area contributed by atoms with Crippen LogP contribution in [0.15, 0.2) is 23.1 Å². The summed E-state index contributed by atoms with van der Waals surface area (Å²) in [5, 5.41) is 18.4. The van der Waals surface area contributed by atoms with Gasteiger partial charge in [-0.2, -0.15) is 4.31 Å². The molecule has 0 spiro atoms. The van der Waals surface area contributed by atoms with Crippen molar-refractivity contribution in [3.8, 4) is 5.75 Å². The second-order valence-electron chi connectivity index (χ2n) is 3.86. The highest BCUT2D eigenvalue weighted by molar-refractivity contribution is 7.89. The van der Waals surface area contributed by atoms with E-state index >= 15 is 0 Å². The van der Waals surface area contributed by atoms with E-state index in [1.807, 2.05) is 0 Å². The van der Waals surface area contributed by atoms with Crippen molar-refractivity contribution in [1.29, 1.82) is 0 Å². The number of benzene rings is 1. The molecule has 1 aromatic rings. The maximum Gasteiger partial charge on any atom is 0.242 e. The number of aromatic hydroxyl groups is 1. The summed E-state index contributed by atoms with van der Waals surface area (Å²) in [7, 11) is -2.32. The lowest BCUT2D eigenvalue weighted by Crippen LogP contribution is -2.33. The van der Waals surface area contributed by atoms with Gasteiger partial charge >= 0.3 is 0 Å². The Balaban J connectivity index is 3.09. The van der Waals surface area contributed by atoms with Gasteiger partial charge in [-0.15, -0.1) is 0 Å². The Labute approximate surface area is 100 Å². The van der Waals surface area contributed by atoms with Crippen molar-refractivity contribution in [2.45, 2.75) is 17.9 Å². The third-order valence-electron chi connectivity index (χ3n) is 2.23. The normalized spacial score (nSPS) is 13.9. The standard InChI is InChI=1S/C10H16N2O4S/c1-7(13)6-12(2)17(15,16)8-3-4-10(14)9(11)5-8/h3-5,7,13-14H,6,11H2,1-2H3. The van der Waals surface area contributed by atoms with E-state index in [0.29, 0.717) is 0 Å². The van der Waals surface area contributed by atoms with Gasteiger partial charge in [0, 0.05) is 13.6 Å². The minimum Gasteiger partial charge on any atom is -0.506 e. The zero-order valence-corrected chi connectivity index (χ0v) is 10.5. The number of aliphatic hydroxyl groups is 1. The molecule has 0 heterocycles. The van der Waals surface area contributed by atoms with E-state index in [4.69, 9.17) is 10.8 Å². The monoisotopic (exact) mass is 260 g/mol. The van der Waals surface area contributed by atoms with Crippen LogP contribution in [0.4, 0.5) is 5.69 Å². The van der Waals surface area contributed by atoms with Gasteiger partial charge in [-0.05, 0) is 25.1 Å². The second kappa shape index (κ2) is 4.91. The van der Waals surface area contributed by atoms with E-state index in [1.54, 1.807) is 0 Å². The van der Waals surface area contributed by atoms with Crippen LogP contribution in [-0.2, 0) is 10.0 Å². The summed E-state index contributed by atoms with van der Waals surface area (Å²) >= 11 is 0. The molecular formula is C10H16N2O4S. The molecule has 0 bridgehead atoms. The number of nitrogens with zero attached hydrogens (tertiary/aromatic N) is 1. The van der Waals surface area contributed by atoms with Crippen LogP contribution < -0.4 is 5.73 Å². The molecule has 17 heavy (non-hydrogen) atoms. The number of hydrogen-bond donors (Lipinski definition) is 3. The first-order chi connectivity index (χ1) is 7.75. The van der Waals surface area contributed by atoms with E-state index in [-0.39, 0.29) is 22.9 Å². The second-order valence-corrected chi connectivity index (χ2v) is 5.90. The summed E-state index contributed by atoms with van der Waals surface area (Å²) in [5.41, 5.74) is 5.43. The molecule has 96 valence electrons. The van der Waals surface area contributed by atoms with Crippen molar-refractivity contribution in [1.82, 2.24) is 4.31 Å². The number of phenols is 1. The van der Waals surface area contributed by atoms with Crippen molar-refractivity contribution in [2.24, 2.45) is 0 Å². The zero-order chi connectivity index (χ0) is 13.2. The Bertz CT molecular complexity index is 499. The average Bonchev–Trinajstić information content (AvgIpc) is 2.20. The lowest BCUT2D eigenvalue weighted by molar-refractivity contribution is 0.171. The Morgan fingerprint density at radius 3 is 2.53 bits per heavy atom. The highest BCUT2D eigenvalue weighted by Crippen LogP contribution is 2.24. The Kier molecular flexibility index (Phi) is 3.97. The van der Waals surface area contributed by atoms with E-state index in [0.717, 1.165) is 4.31 Å². The third-order valence-corrected chi connectivity index (χ3v) is 4.05. The van der Waals surface area contributed by atoms with Crippen LogP contribution in [0.3, 0.4) is 0 Å². The molecule has 1 atom stereocenters. The number of nitrogens with two attached hydrogens (primary N) is 1. The molecule has 0 radical (unpaired) electrons. The van der Waals surface area contributed by atoms with Crippen molar-refractivity contribution in [3.63, 3.8) is 0 Å². The first-order valence-electron chi connectivity index (χ1n) is 4.98. The molecule has 0 amide bonds. The number of sulfonamides is 1. The summed E-state index contributed by atoms with van der Waals surface area (Å²) in [5.74, 6) is -0.165. The number of hydrogen-bond acceptors (Lipinski definition) is 5. The third kappa shape index (κ3) is 3.09. The lowest BCUT2D eigenvalue weighted by atomic mass is 10.3. The van der Waals surface area contributed by atoms with Gasteiger partial charge in [0.2, 0.25) is 10.0 Å². The summed E-state index contributed by atoms with van der Waals surface area (Å²) in [6.45, 7) is 1.49. The molecule has 0 aliphatic carbocycles. The van der Waals surface area contributed by atoms with Crippen LogP contribution >= 0.6 is 0 Å². The lowest BCUT2D eigenvalue weighted by Gasteiger charge is -2.18. The van der Waals surface area contributed by atoms with Gasteiger partial charge in [-0.25, -0.2) is 8.42 Å². The van der Waals surface area contributed by atoms with Crippen LogP contribution in [0.5, 0.6) is 5.75 Å². The van der Waals surface area contributed by atoms with Gasteiger partial charge in [-0.3, -0.25) is 0 Å². The molecule has 1 unspecified atom stereocenters. The quantitative estimate of drug-likeness (QED) is 0.521. The predicted molar refractivity (Wildman–Crippen MR) is 64.0 cm³/mol. The SMILES string of the molecule is CC(O)CN(C)S(=O)(=O)c1ccc(O)c(N)c1. The van der Waals surface area contributed by atoms with Gasteiger partial charge in [0.05, 0.1) is 16.7 Å². The fraction of sp³-hybridized carbons (Fsp3) is 0.400. The molecule has 7 heteroatoms. The van der Waals surface area contributed by atoms with Gasteiger partial charge in [-0.1, -0.05) is 0 Å². The molecule has 1 rings (SSSR count). The number of rotatable bonds is 4. The maximum absolute atomic E-state index is 12.0. The Morgan fingerprint density at radius 2 is 2.06 bits per heavy atom. The summed E-state index contributed by atoms with van der Waals surface area (Å²) in [4.78, 5) is -0.0176. The molecule has 4 N–H and O–H groups in total. The number of nitrogen functional groups attached to an aromatic ring is 1. The minimum absolute atomic E-state index is 0.00322. The smallest absolute Gasteiger partial charge is 0.242 e. The van der Waals surface area contributed by atoms with Crippen molar-refractivity contribution in [3.05, 3.63) is 18.2 Å². The zero-order valence-electron chi connectivity index (χ0n) is 9.66. The molecule has 0 fully saturated rings. The van der Waals surface area contributed by atoms with E-state index < -0.39 is 16.1 Å². The van der Waals surface area contributed by atoms with Gasteiger partial charge in [0.1, 0.15) is 5.75 Å². The van der Waals surface area contributed by atoms with Crippen LogP contribution in [0.2, 0.25) is 0 Å². The minimum atomic E-state index is -3.69. The Morgan fingerprint density at radius 1 is 1.47 bits per heavy atom. The first kappa shape index (κ1) is 13.8. The van der Waals surface area contributed by atoms with Crippen LogP contribution in [-0.4, -0.2) is 42.6 Å². The summed E-state index contributed by atoms with van der Waals surface area (Å²) in [6, 6.07) is 3.67.